The van der Waals surface area contributed by atoms with Gasteiger partial charge in [0, 0.05) is 44.0 Å². The largest absolute Gasteiger partial charge is 0.369 e. The van der Waals surface area contributed by atoms with Crippen LogP contribution in [0.25, 0.3) is 0 Å². The summed E-state index contributed by atoms with van der Waals surface area (Å²) in [5, 5.41) is 22.1. The highest BCUT2D eigenvalue weighted by Gasteiger charge is 2.22. The normalized spacial score (nSPS) is 14.8. The number of nitrogens with zero attached hydrogens (tertiary/aromatic N) is 5. The van der Waals surface area contributed by atoms with Crippen molar-refractivity contribution >= 4 is 28.7 Å². The quantitative estimate of drug-likeness (QED) is 0.362. The van der Waals surface area contributed by atoms with E-state index in [1.165, 1.54) is 28.9 Å². The third-order valence-corrected chi connectivity index (χ3v) is 4.91. The smallest absolute Gasteiger partial charge is 0.278 e. The molecule has 0 amide bonds. The molecule has 1 aliphatic heterocycles. The number of aryl methyl sites for hydroxylation is 2. The van der Waals surface area contributed by atoms with Gasteiger partial charge in [-0.05, 0) is 25.0 Å². The fourth-order valence-corrected chi connectivity index (χ4v) is 3.52. The lowest BCUT2D eigenvalue weighted by atomic mass is 10.1. The van der Waals surface area contributed by atoms with Crippen molar-refractivity contribution in [3.63, 3.8) is 0 Å². The van der Waals surface area contributed by atoms with Crippen molar-refractivity contribution in [1.29, 1.82) is 0 Å². The maximum absolute atomic E-state index is 11.0. The summed E-state index contributed by atoms with van der Waals surface area (Å²) in [6.45, 7) is 6.91. The molecule has 0 saturated carbocycles. The van der Waals surface area contributed by atoms with E-state index in [9.17, 15) is 20.2 Å². The highest BCUT2D eigenvalue weighted by atomic mass is 16.6. The summed E-state index contributed by atoms with van der Waals surface area (Å²) < 4.78 is 0. The predicted molar refractivity (Wildman–Crippen MR) is 111 cm³/mol. The molecule has 3 rings (SSSR count). The lowest BCUT2D eigenvalue weighted by molar-refractivity contribution is -0.394. The number of para-hydroxylation sites is 1. The van der Waals surface area contributed by atoms with Crippen LogP contribution in [0.4, 0.5) is 22.7 Å². The molecular weight excluding hydrogens is 376 g/mol. The number of piperazine rings is 1. The minimum Gasteiger partial charge on any atom is -0.369 e. The molecule has 1 heterocycles. The van der Waals surface area contributed by atoms with Crippen molar-refractivity contribution in [2.75, 3.05) is 31.1 Å². The highest BCUT2D eigenvalue weighted by molar-refractivity contribution is 5.82. The van der Waals surface area contributed by atoms with Gasteiger partial charge in [0.15, 0.2) is 5.96 Å². The minimum atomic E-state index is -0.689. The summed E-state index contributed by atoms with van der Waals surface area (Å²) in [4.78, 5) is 29.0. The molecule has 0 radical (unpaired) electrons. The summed E-state index contributed by atoms with van der Waals surface area (Å²) in [6, 6.07) is 9.45. The highest BCUT2D eigenvalue weighted by Crippen LogP contribution is 2.28. The predicted octanol–water partition coefficient (Wildman–Crippen LogP) is 2.89. The molecule has 0 spiro atoms. The first-order chi connectivity index (χ1) is 13.8. The number of non-ortho nitro benzene ring substituents is 2. The molecule has 2 N–H and O–H groups in total. The second-order valence-corrected chi connectivity index (χ2v) is 6.91. The zero-order valence-electron chi connectivity index (χ0n) is 16.2. The van der Waals surface area contributed by atoms with Crippen LogP contribution in [0.1, 0.15) is 11.1 Å². The van der Waals surface area contributed by atoms with Crippen LogP contribution in [0.15, 0.2) is 41.4 Å². The van der Waals surface area contributed by atoms with Crippen molar-refractivity contribution in [3.8, 4) is 0 Å². The first kappa shape index (κ1) is 20.1. The van der Waals surface area contributed by atoms with Gasteiger partial charge in [-0.25, -0.2) is 4.99 Å². The number of rotatable bonds is 4. The van der Waals surface area contributed by atoms with Crippen molar-refractivity contribution in [2.45, 2.75) is 13.8 Å². The number of nitrogens with two attached hydrogens (primary N) is 1. The monoisotopic (exact) mass is 398 g/mol. The van der Waals surface area contributed by atoms with E-state index in [0.717, 1.165) is 19.2 Å². The molecular formula is C19H22N6O4. The Bertz CT molecular complexity index is 930. The number of guanidine groups is 1. The van der Waals surface area contributed by atoms with E-state index < -0.39 is 21.2 Å². The minimum absolute atomic E-state index is 0.0839. The van der Waals surface area contributed by atoms with Crippen LogP contribution < -0.4 is 10.6 Å². The van der Waals surface area contributed by atoms with E-state index >= 15 is 0 Å². The molecule has 10 heteroatoms. The number of hydrogen-bond acceptors (Lipinski definition) is 6. The molecule has 0 bridgehead atoms. The molecule has 0 aromatic heterocycles. The maximum atomic E-state index is 11.0. The van der Waals surface area contributed by atoms with Gasteiger partial charge >= 0.3 is 0 Å². The zero-order valence-corrected chi connectivity index (χ0v) is 16.2. The maximum Gasteiger partial charge on any atom is 0.278 e. The number of hydrogen-bond donors (Lipinski definition) is 1. The molecule has 10 nitrogen and oxygen atoms in total. The topological polar surface area (TPSA) is 131 Å². The van der Waals surface area contributed by atoms with E-state index in [1.807, 2.05) is 11.0 Å². The van der Waals surface area contributed by atoms with Crippen LogP contribution in [0, 0.1) is 34.1 Å². The number of aliphatic imine (C=N–C) groups is 1. The molecule has 0 aliphatic carbocycles. The Hall–Kier alpha value is -3.69. The first-order valence-electron chi connectivity index (χ1n) is 9.10. The summed E-state index contributed by atoms with van der Waals surface area (Å²) in [6.07, 6.45) is 0. The van der Waals surface area contributed by atoms with Gasteiger partial charge in [0.2, 0.25) is 0 Å². The van der Waals surface area contributed by atoms with E-state index in [4.69, 9.17) is 5.73 Å². The van der Waals surface area contributed by atoms with Crippen LogP contribution in [0.2, 0.25) is 0 Å². The van der Waals surface area contributed by atoms with Crippen molar-refractivity contribution in [1.82, 2.24) is 4.90 Å². The van der Waals surface area contributed by atoms with Crippen LogP contribution in [0.5, 0.6) is 0 Å². The molecule has 0 atom stereocenters. The number of nitro groups is 2. The Balaban J connectivity index is 1.77. The average Bonchev–Trinajstić information content (AvgIpc) is 2.68. The summed E-state index contributed by atoms with van der Waals surface area (Å²) in [5.74, 6) is 0.181. The Kier molecular flexibility index (Phi) is 5.62. The van der Waals surface area contributed by atoms with Gasteiger partial charge in [-0.1, -0.05) is 18.2 Å². The number of benzene rings is 2. The SMILES string of the molecule is Cc1cccc(C)c1N1CCN(C(N)=Nc2cc([N+](=O)[O-])cc([N+](=O)[O-])c2)CC1. The van der Waals surface area contributed by atoms with Crippen LogP contribution in [-0.2, 0) is 0 Å². The number of nitro benzene ring substituents is 2. The molecule has 152 valence electrons. The molecule has 1 saturated heterocycles. The van der Waals surface area contributed by atoms with E-state index in [0.29, 0.717) is 13.1 Å². The first-order valence-corrected chi connectivity index (χ1v) is 9.10. The Morgan fingerprint density at radius 1 is 0.966 bits per heavy atom. The fourth-order valence-electron chi connectivity index (χ4n) is 3.52. The Labute approximate surface area is 167 Å². The molecule has 29 heavy (non-hydrogen) atoms. The molecule has 1 aliphatic rings. The lowest BCUT2D eigenvalue weighted by Crippen LogP contribution is -2.51. The molecule has 2 aromatic carbocycles. The van der Waals surface area contributed by atoms with Gasteiger partial charge in [-0.3, -0.25) is 20.2 Å². The second kappa shape index (κ2) is 8.13. The van der Waals surface area contributed by atoms with Crippen LogP contribution in [-0.4, -0.2) is 46.9 Å². The van der Waals surface area contributed by atoms with Crippen molar-refractivity contribution in [3.05, 3.63) is 67.8 Å². The summed E-state index contributed by atoms with van der Waals surface area (Å²) in [7, 11) is 0. The Morgan fingerprint density at radius 2 is 1.48 bits per heavy atom. The van der Waals surface area contributed by atoms with Gasteiger partial charge in [0.1, 0.15) is 0 Å². The lowest BCUT2D eigenvalue weighted by Gasteiger charge is -2.38. The molecule has 2 aromatic rings. The Morgan fingerprint density at radius 3 is 1.97 bits per heavy atom. The van der Waals surface area contributed by atoms with E-state index in [-0.39, 0.29) is 11.6 Å². The van der Waals surface area contributed by atoms with E-state index in [1.54, 1.807) is 0 Å². The number of anilines is 1. The van der Waals surface area contributed by atoms with Gasteiger partial charge < -0.3 is 15.5 Å². The van der Waals surface area contributed by atoms with Crippen molar-refractivity contribution in [2.24, 2.45) is 10.7 Å². The summed E-state index contributed by atoms with van der Waals surface area (Å²) in [5.41, 5.74) is 9.03. The van der Waals surface area contributed by atoms with Crippen LogP contribution >= 0.6 is 0 Å². The van der Waals surface area contributed by atoms with E-state index in [2.05, 4.69) is 35.9 Å². The standard InChI is InChI=1S/C19H22N6O4/c1-13-4-3-5-14(2)18(13)22-6-8-23(9-7-22)19(20)21-15-10-16(24(26)27)12-17(11-15)25(28)29/h3-5,10-12H,6-9H2,1-2H3,(H2,20,21). The van der Waals surface area contributed by atoms with Gasteiger partial charge in [0.05, 0.1) is 21.6 Å². The van der Waals surface area contributed by atoms with Gasteiger partial charge in [-0.15, -0.1) is 0 Å². The molecule has 1 fully saturated rings. The third-order valence-electron chi connectivity index (χ3n) is 4.91. The van der Waals surface area contributed by atoms with Crippen molar-refractivity contribution < 1.29 is 9.85 Å². The zero-order chi connectivity index (χ0) is 21.1. The fraction of sp³-hybridized carbons (Fsp3) is 0.316. The second-order valence-electron chi connectivity index (χ2n) is 6.91. The molecule has 0 unspecified atom stereocenters. The van der Waals surface area contributed by atoms with Gasteiger partial charge in [0.25, 0.3) is 11.4 Å². The van der Waals surface area contributed by atoms with Crippen LogP contribution in [0.3, 0.4) is 0 Å². The van der Waals surface area contributed by atoms with Gasteiger partial charge in [-0.2, -0.15) is 0 Å². The average molecular weight is 398 g/mol. The third kappa shape index (κ3) is 4.42. The summed E-state index contributed by atoms with van der Waals surface area (Å²) >= 11 is 0.